The van der Waals surface area contributed by atoms with Gasteiger partial charge in [0.15, 0.2) is 11.5 Å². The summed E-state index contributed by atoms with van der Waals surface area (Å²) in [6, 6.07) is 12.5. The Bertz CT molecular complexity index is 1280. The normalized spacial score (nSPS) is 16.7. The van der Waals surface area contributed by atoms with E-state index in [1.165, 1.54) is 33.3 Å². The second kappa shape index (κ2) is 10.4. The Labute approximate surface area is 208 Å². The third-order valence-electron chi connectivity index (χ3n) is 5.98. The molecule has 0 bridgehead atoms. The number of likely N-dealkylation sites (tertiary alicyclic amines) is 1. The molecule has 0 saturated carbocycles. The quantitative estimate of drug-likeness (QED) is 0.289. The van der Waals surface area contributed by atoms with Gasteiger partial charge in [-0.15, -0.1) is 0 Å². The van der Waals surface area contributed by atoms with Crippen LogP contribution < -0.4 is 18.9 Å². The average molecular weight is 491 g/mol. The van der Waals surface area contributed by atoms with Crippen LogP contribution in [0, 0.1) is 0 Å². The fourth-order valence-electron chi connectivity index (χ4n) is 4.24. The topological polar surface area (TPSA) is 107 Å². The summed E-state index contributed by atoms with van der Waals surface area (Å²) in [6.45, 7) is 0.0964. The molecule has 1 amide bonds. The number of methoxy groups -OCH3 is 4. The number of carbonyl (C=O) groups is 2. The van der Waals surface area contributed by atoms with Gasteiger partial charge in [-0.25, -0.2) is 0 Å². The van der Waals surface area contributed by atoms with Gasteiger partial charge < -0.3 is 29.0 Å². The molecule has 0 aliphatic carbocycles. The van der Waals surface area contributed by atoms with Gasteiger partial charge in [-0.3, -0.25) is 14.6 Å². The van der Waals surface area contributed by atoms with Gasteiger partial charge in [0.1, 0.15) is 11.5 Å². The molecular weight excluding hydrogens is 464 g/mol. The Morgan fingerprint density at radius 3 is 2.14 bits per heavy atom. The van der Waals surface area contributed by atoms with E-state index >= 15 is 0 Å². The fraction of sp³-hybridized carbons (Fsp3) is 0.222. The minimum Gasteiger partial charge on any atom is -0.507 e. The van der Waals surface area contributed by atoms with E-state index in [4.69, 9.17) is 18.9 Å². The van der Waals surface area contributed by atoms with Crippen molar-refractivity contribution < 1.29 is 33.6 Å². The number of aromatic nitrogens is 1. The number of hydrogen-bond acceptors (Lipinski definition) is 8. The first-order chi connectivity index (χ1) is 17.4. The lowest BCUT2D eigenvalue weighted by atomic mass is 9.94. The molecule has 0 unspecified atom stereocenters. The van der Waals surface area contributed by atoms with Crippen molar-refractivity contribution in [2.45, 2.75) is 12.6 Å². The van der Waals surface area contributed by atoms with E-state index in [1.807, 2.05) is 6.07 Å². The van der Waals surface area contributed by atoms with E-state index in [-0.39, 0.29) is 17.9 Å². The van der Waals surface area contributed by atoms with Gasteiger partial charge in [-0.1, -0.05) is 6.07 Å². The third-order valence-corrected chi connectivity index (χ3v) is 5.98. The zero-order chi connectivity index (χ0) is 25.8. The van der Waals surface area contributed by atoms with Crippen LogP contribution in [-0.2, 0) is 16.1 Å². The summed E-state index contributed by atoms with van der Waals surface area (Å²) < 4.78 is 21.6. The molecule has 0 radical (unpaired) electrons. The number of benzene rings is 2. The molecule has 1 aliphatic rings. The Hall–Kier alpha value is -4.53. The number of Topliss-reactive ketones (excluding diaryl/α,β-unsaturated/α-hetero) is 1. The van der Waals surface area contributed by atoms with Crippen LogP contribution in [0.25, 0.3) is 5.76 Å². The highest BCUT2D eigenvalue weighted by Gasteiger charge is 2.46. The van der Waals surface area contributed by atoms with E-state index in [0.717, 1.165) is 5.56 Å². The van der Waals surface area contributed by atoms with Gasteiger partial charge in [0.2, 0.25) is 5.75 Å². The third kappa shape index (κ3) is 4.43. The number of pyridine rings is 1. The lowest BCUT2D eigenvalue weighted by molar-refractivity contribution is -0.140. The average Bonchev–Trinajstić information content (AvgIpc) is 3.17. The minimum atomic E-state index is -0.930. The molecular formula is C27H26N2O7. The van der Waals surface area contributed by atoms with Crippen molar-refractivity contribution >= 4 is 17.4 Å². The van der Waals surface area contributed by atoms with Crippen LogP contribution in [-0.4, -0.2) is 55.1 Å². The molecule has 1 atom stereocenters. The van der Waals surface area contributed by atoms with Gasteiger partial charge in [0, 0.05) is 24.5 Å². The summed E-state index contributed by atoms with van der Waals surface area (Å²) in [5, 5.41) is 11.3. The number of carbonyl (C=O) groups excluding carboxylic acids is 2. The maximum absolute atomic E-state index is 13.3. The van der Waals surface area contributed by atoms with Crippen LogP contribution >= 0.6 is 0 Å². The number of aliphatic hydroxyl groups excluding tert-OH is 1. The molecule has 3 aromatic rings. The molecule has 1 N–H and O–H groups in total. The molecule has 4 rings (SSSR count). The predicted molar refractivity (Wildman–Crippen MR) is 131 cm³/mol. The Kier molecular flexibility index (Phi) is 7.10. The lowest BCUT2D eigenvalue weighted by Gasteiger charge is -2.26. The highest BCUT2D eigenvalue weighted by molar-refractivity contribution is 6.46. The summed E-state index contributed by atoms with van der Waals surface area (Å²) in [4.78, 5) is 32.1. The van der Waals surface area contributed by atoms with Gasteiger partial charge in [0.05, 0.1) is 40.1 Å². The van der Waals surface area contributed by atoms with Crippen molar-refractivity contribution in [1.29, 1.82) is 0 Å². The number of nitrogens with zero attached hydrogens (tertiary/aromatic N) is 2. The van der Waals surface area contributed by atoms with Gasteiger partial charge in [-0.2, -0.15) is 0 Å². The molecule has 2 aromatic carbocycles. The molecule has 1 fully saturated rings. The van der Waals surface area contributed by atoms with Crippen molar-refractivity contribution in [2.75, 3.05) is 28.4 Å². The zero-order valence-electron chi connectivity index (χ0n) is 20.3. The van der Waals surface area contributed by atoms with Crippen LogP contribution in [0.5, 0.6) is 23.0 Å². The molecule has 9 nitrogen and oxygen atoms in total. The summed E-state index contributed by atoms with van der Waals surface area (Å²) in [5.41, 5.74) is 1.54. The van der Waals surface area contributed by atoms with Crippen LogP contribution in [0.15, 0.2) is 66.5 Å². The van der Waals surface area contributed by atoms with Crippen molar-refractivity contribution in [2.24, 2.45) is 0 Å². The Morgan fingerprint density at radius 1 is 0.944 bits per heavy atom. The number of amides is 1. The van der Waals surface area contributed by atoms with E-state index < -0.39 is 17.7 Å². The summed E-state index contributed by atoms with van der Waals surface area (Å²) in [7, 11) is 5.97. The van der Waals surface area contributed by atoms with Crippen LogP contribution in [0.1, 0.15) is 22.7 Å². The number of rotatable bonds is 8. The molecule has 9 heteroatoms. The molecule has 2 heterocycles. The summed E-state index contributed by atoms with van der Waals surface area (Å²) in [6.07, 6.45) is 3.24. The number of aliphatic hydroxyl groups is 1. The smallest absolute Gasteiger partial charge is 0.295 e. The van der Waals surface area contributed by atoms with Gasteiger partial charge in [-0.05, 0) is 53.6 Å². The van der Waals surface area contributed by atoms with E-state index in [2.05, 4.69) is 4.98 Å². The van der Waals surface area contributed by atoms with Crippen LogP contribution in [0.2, 0.25) is 0 Å². The van der Waals surface area contributed by atoms with Crippen molar-refractivity contribution in [3.8, 4) is 23.0 Å². The molecule has 186 valence electrons. The van der Waals surface area contributed by atoms with Crippen LogP contribution in [0.3, 0.4) is 0 Å². The van der Waals surface area contributed by atoms with Crippen molar-refractivity contribution in [1.82, 2.24) is 9.88 Å². The summed E-state index contributed by atoms with van der Waals surface area (Å²) in [5.74, 6) is -0.193. The maximum atomic E-state index is 13.3. The number of ketones is 1. The standard InChI is InChI=1S/C27H26N2O7/c1-33-19-9-7-17(8-10-19)24(30)22-23(18-12-20(34-2)26(36-4)21(13-18)35-3)29(27(32)25(22)31)15-16-6-5-11-28-14-16/h5-14,23,30H,15H2,1-4H3/t23-/m1/s1. The Balaban J connectivity index is 1.93. The maximum Gasteiger partial charge on any atom is 0.295 e. The molecule has 1 aromatic heterocycles. The first-order valence-electron chi connectivity index (χ1n) is 11.0. The number of ether oxygens (including phenoxy) is 4. The van der Waals surface area contributed by atoms with E-state index in [1.54, 1.807) is 54.9 Å². The second-order valence-electron chi connectivity index (χ2n) is 7.98. The molecule has 1 aliphatic heterocycles. The summed E-state index contributed by atoms with van der Waals surface area (Å²) >= 11 is 0. The molecule has 0 spiro atoms. The van der Waals surface area contributed by atoms with Crippen molar-refractivity contribution in [3.05, 3.63) is 83.2 Å². The molecule has 36 heavy (non-hydrogen) atoms. The molecule has 1 saturated heterocycles. The lowest BCUT2D eigenvalue weighted by Crippen LogP contribution is -2.29. The number of hydrogen-bond donors (Lipinski definition) is 1. The van der Waals surface area contributed by atoms with E-state index in [9.17, 15) is 14.7 Å². The van der Waals surface area contributed by atoms with Crippen molar-refractivity contribution in [3.63, 3.8) is 0 Å². The van der Waals surface area contributed by atoms with Crippen LogP contribution in [0.4, 0.5) is 0 Å². The van der Waals surface area contributed by atoms with Gasteiger partial charge >= 0.3 is 0 Å². The first-order valence-corrected chi connectivity index (χ1v) is 11.0. The largest absolute Gasteiger partial charge is 0.507 e. The minimum absolute atomic E-state index is 0.0525. The SMILES string of the molecule is COc1ccc(C(O)=C2C(=O)C(=O)N(Cc3cccnc3)[C@@H]2c2cc(OC)c(OC)c(OC)c2)cc1. The fourth-order valence-corrected chi connectivity index (χ4v) is 4.24. The first kappa shape index (κ1) is 24.6. The predicted octanol–water partition coefficient (Wildman–Crippen LogP) is 3.74. The van der Waals surface area contributed by atoms with E-state index in [0.29, 0.717) is 34.1 Å². The highest BCUT2D eigenvalue weighted by Crippen LogP contribution is 2.46. The highest BCUT2D eigenvalue weighted by atomic mass is 16.5. The Morgan fingerprint density at radius 2 is 1.61 bits per heavy atom. The second-order valence-corrected chi connectivity index (χ2v) is 7.98. The zero-order valence-corrected chi connectivity index (χ0v) is 20.3. The van der Waals surface area contributed by atoms with Gasteiger partial charge in [0.25, 0.3) is 11.7 Å². The monoisotopic (exact) mass is 490 g/mol.